The minimum Gasteiger partial charge on any atom is -0.387 e. The lowest BCUT2D eigenvalue weighted by Crippen LogP contribution is -2.45. The monoisotopic (exact) mass is 505 g/mol. The zero-order valence-corrected chi connectivity index (χ0v) is 23.0. The molecule has 0 aliphatic heterocycles. The first-order valence-corrected chi connectivity index (χ1v) is 14.2. The Hall–Kier alpha value is -1.02. The topological polar surface area (TPSA) is 105 Å². The number of carbonyl (C=O) groups excluding carboxylic acids is 1. The van der Waals surface area contributed by atoms with E-state index in [0.29, 0.717) is 17.4 Å². The standard InChI is InChI=1S/C25H49N2O6P/c1-6-8-10-11-12-13-14-15-16-17-18-24(28)23(26-25(29)19-9-7-2)22-33-34(30,31)32-21-20-27(3,4)5/h13-14,17-18,23-24,28H,6-12,15-16,19-22H2,1-5H3,(H-,26,29,30,31)/p+1/b14-13+,18-17+. The predicted octanol–water partition coefficient (Wildman–Crippen LogP) is 4.73. The summed E-state index contributed by atoms with van der Waals surface area (Å²) in [6, 6.07) is -0.850. The van der Waals surface area contributed by atoms with Gasteiger partial charge in [-0.1, -0.05) is 63.8 Å². The molecule has 34 heavy (non-hydrogen) atoms. The molecule has 3 N–H and O–H groups in total. The summed E-state index contributed by atoms with van der Waals surface area (Å²) in [4.78, 5) is 22.2. The number of likely N-dealkylation sites (N-methyl/N-ethyl adjacent to an activating group) is 1. The average molecular weight is 506 g/mol. The van der Waals surface area contributed by atoms with Crippen LogP contribution in [0.5, 0.6) is 0 Å². The Kier molecular flexibility index (Phi) is 18.6. The maximum atomic E-state index is 12.2. The van der Waals surface area contributed by atoms with Crippen LogP contribution in [-0.4, -0.2) is 73.4 Å². The summed E-state index contributed by atoms with van der Waals surface area (Å²) in [6.07, 6.45) is 16.4. The molecule has 0 spiro atoms. The third kappa shape index (κ3) is 20.4. The molecule has 3 unspecified atom stereocenters. The lowest BCUT2D eigenvalue weighted by atomic mass is 10.1. The largest absolute Gasteiger partial charge is 0.472 e. The minimum absolute atomic E-state index is 0.0549. The van der Waals surface area contributed by atoms with Crippen LogP contribution in [0, 0.1) is 0 Å². The molecule has 0 aromatic carbocycles. The number of unbranched alkanes of at least 4 members (excludes halogenated alkanes) is 6. The van der Waals surface area contributed by atoms with Crippen molar-refractivity contribution in [1.82, 2.24) is 5.32 Å². The van der Waals surface area contributed by atoms with E-state index in [4.69, 9.17) is 9.05 Å². The third-order valence-electron chi connectivity index (χ3n) is 5.17. The van der Waals surface area contributed by atoms with Crippen molar-refractivity contribution >= 4 is 13.7 Å². The third-order valence-corrected chi connectivity index (χ3v) is 6.16. The maximum Gasteiger partial charge on any atom is 0.472 e. The molecule has 200 valence electrons. The fourth-order valence-corrected chi connectivity index (χ4v) is 3.71. The molecule has 0 bridgehead atoms. The minimum atomic E-state index is -4.30. The Bertz CT molecular complexity index is 633. The lowest BCUT2D eigenvalue weighted by Gasteiger charge is -2.25. The number of hydrogen-bond donors (Lipinski definition) is 3. The number of phosphoric ester groups is 1. The number of aliphatic hydroxyl groups excluding tert-OH is 1. The van der Waals surface area contributed by atoms with Gasteiger partial charge >= 0.3 is 7.82 Å². The summed E-state index contributed by atoms with van der Waals surface area (Å²) in [5.41, 5.74) is 0. The Labute approximate surface area is 207 Å². The van der Waals surface area contributed by atoms with E-state index in [-0.39, 0.29) is 19.1 Å². The summed E-state index contributed by atoms with van der Waals surface area (Å²) in [5, 5.41) is 13.3. The van der Waals surface area contributed by atoms with E-state index in [1.54, 1.807) is 6.08 Å². The smallest absolute Gasteiger partial charge is 0.387 e. The lowest BCUT2D eigenvalue weighted by molar-refractivity contribution is -0.870. The number of carbonyl (C=O) groups is 1. The fraction of sp³-hybridized carbons (Fsp3) is 0.800. The van der Waals surface area contributed by atoms with Gasteiger partial charge in [0.25, 0.3) is 0 Å². The van der Waals surface area contributed by atoms with Gasteiger partial charge < -0.3 is 19.8 Å². The van der Waals surface area contributed by atoms with Crippen molar-refractivity contribution in [3.63, 3.8) is 0 Å². The van der Waals surface area contributed by atoms with Gasteiger partial charge in [0.05, 0.1) is 39.9 Å². The van der Waals surface area contributed by atoms with Gasteiger partial charge in [0.1, 0.15) is 13.2 Å². The van der Waals surface area contributed by atoms with Crippen LogP contribution in [0.2, 0.25) is 0 Å². The van der Waals surface area contributed by atoms with Crippen LogP contribution in [0.4, 0.5) is 0 Å². The highest BCUT2D eigenvalue weighted by Crippen LogP contribution is 2.43. The molecule has 0 aliphatic carbocycles. The van der Waals surface area contributed by atoms with Crippen LogP contribution in [0.1, 0.15) is 78.1 Å². The molecule has 0 saturated heterocycles. The van der Waals surface area contributed by atoms with E-state index in [9.17, 15) is 19.4 Å². The number of nitrogens with zero attached hydrogens (tertiary/aromatic N) is 1. The average Bonchev–Trinajstić information content (AvgIpc) is 2.75. The highest BCUT2D eigenvalue weighted by Gasteiger charge is 2.27. The van der Waals surface area contributed by atoms with Gasteiger partial charge in [-0.15, -0.1) is 0 Å². The molecule has 9 heteroatoms. The Morgan fingerprint density at radius 2 is 1.62 bits per heavy atom. The molecule has 0 radical (unpaired) electrons. The van der Waals surface area contributed by atoms with Gasteiger partial charge in [-0.25, -0.2) is 4.57 Å². The van der Waals surface area contributed by atoms with Crippen molar-refractivity contribution in [1.29, 1.82) is 0 Å². The van der Waals surface area contributed by atoms with Gasteiger partial charge in [0.15, 0.2) is 0 Å². The van der Waals surface area contributed by atoms with E-state index >= 15 is 0 Å². The summed E-state index contributed by atoms with van der Waals surface area (Å²) in [7, 11) is 1.54. The zero-order valence-electron chi connectivity index (χ0n) is 22.1. The first-order chi connectivity index (χ1) is 16.0. The van der Waals surface area contributed by atoms with Crippen LogP contribution >= 0.6 is 7.82 Å². The molecule has 1 amide bonds. The number of rotatable bonds is 21. The molecular formula is C25H50N2O6P+. The number of allylic oxidation sites excluding steroid dienone is 3. The molecule has 0 aromatic heterocycles. The zero-order chi connectivity index (χ0) is 25.9. The Morgan fingerprint density at radius 1 is 0.971 bits per heavy atom. The predicted molar refractivity (Wildman–Crippen MR) is 138 cm³/mol. The Morgan fingerprint density at radius 3 is 2.26 bits per heavy atom. The molecule has 0 aromatic rings. The number of hydrogen-bond acceptors (Lipinski definition) is 5. The second-order valence-electron chi connectivity index (χ2n) is 9.71. The fourth-order valence-electron chi connectivity index (χ4n) is 2.97. The molecular weight excluding hydrogens is 455 g/mol. The van der Waals surface area contributed by atoms with Crippen molar-refractivity contribution in [3.8, 4) is 0 Å². The van der Waals surface area contributed by atoms with E-state index in [2.05, 4.69) is 24.4 Å². The van der Waals surface area contributed by atoms with Crippen LogP contribution in [0.25, 0.3) is 0 Å². The number of aliphatic hydroxyl groups is 1. The van der Waals surface area contributed by atoms with Crippen LogP contribution in [0.3, 0.4) is 0 Å². The second kappa shape index (κ2) is 19.2. The maximum absolute atomic E-state index is 12.2. The van der Waals surface area contributed by atoms with Crippen LogP contribution in [-0.2, 0) is 18.4 Å². The summed E-state index contributed by atoms with van der Waals surface area (Å²) < 4.78 is 22.9. The molecule has 8 nitrogen and oxygen atoms in total. The highest BCUT2D eigenvalue weighted by molar-refractivity contribution is 7.47. The van der Waals surface area contributed by atoms with Crippen molar-refractivity contribution in [2.75, 3.05) is 40.9 Å². The van der Waals surface area contributed by atoms with E-state index in [0.717, 1.165) is 32.1 Å². The normalized spacial score (nSPS) is 16.1. The molecule has 0 heterocycles. The van der Waals surface area contributed by atoms with E-state index in [1.165, 1.54) is 25.7 Å². The number of phosphoric acid groups is 1. The van der Waals surface area contributed by atoms with Crippen LogP contribution < -0.4 is 5.32 Å². The van der Waals surface area contributed by atoms with Gasteiger partial charge in [0.2, 0.25) is 5.91 Å². The Balaban J connectivity index is 4.69. The number of amides is 1. The van der Waals surface area contributed by atoms with Gasteiger partial charge in [-0.2, -0.15) is 0 Å². The summed E-state index contributed by atoms with van der Waals surface area (Å²) in [6.45, 7) is 4.44. The van der Waals surface area contributed by atoms with Crippen molar-refractivity contribution in [2.24, 2.45) is 0 Å². The SMILES string of the molecule is CCCCCC/C=C/CC/C=C/C(O)C(COP(=O)(O)OCC[N+](C)(C)C)NC(=O)CCCC. The highest BCUT2D eigenvalue weighted by atomic mass is 31.2. The van der Waals surface area contributed by atoms with E-state index < -0.39 is 20.0 Å². The number of quaternary nitrogens is 1. The first-order valence-electron chi connectivity index (χ1n) is 12.7. The number of nitrogens with one attached hydrogen (secondary N) is 1. The van der Waals surface area contributed by atoms with Gasteiger partial charge in [-0.05, 0) is 32.1 Å². The second-order valence-corrected chi connectivity index (χ2v) is 11.2. The summed E-state index contributed by atoms with van der Waals surface area (Å²) >= 11 is 0. The quantitative estimate of drug-likeness (QED) is 0.0902. The van der Waals surface area contributed by atoms with Crippen molar-refractivity contribution in [3.05, 3.63) is 24.3 Å². The van der Waals surface area contributed by atoms with Gasteiger partial charge in [0, 0.05) is 6.42 Å². The molecule has 3 atom stereocenters. The van der Waals surface area contributed by atoms with Crippen molar-refractivity contribution in [2.45, 2.75) is 90.2 Å². The van der Waals surface area contributed by atoms with E-state index in [1.807, 2.05) is 34.1 Å². The first kappa shape index (κ1) is 33.0. The molecule has 0 saturated carbocycles. The van der Waals surface area contributed by atoms with Gasteiger partial charge in [-0.3, -0.25) is 13.8 Å². The molecule has 0 fully saturated rings. The molecule has 0 rings (SSSR count). The van der Waals surface area contributed by atoms with Crippen LogP contribution in [0.15, 0.2) is 24.3 Å². The van der Waals surface area contributed by atoms with Crippen molar-refractivity contribution < 1.29 is 32.9 Å². The molecule has 0 aliphatic rings. The summed E-state index contributed by atoms with van der Waals surface area (Å²) in [5.74, 6) is -0.229.